The van der Waals surface area contributed by atoms with Crippen molar-refractivity contribution < 1.29 is 23.1 Å². The van der Waals surface area contributed by atoms with E-state index in [9.17, 15) is 18.0 Å². The molecule has 132 valence electrons. The van der Waals surface area contributed by atoms with Crippen molar-refractivity contribution in [1.29, 1.82) is 0 Å². The van der Waals surface area contributed by atoms with Gasteiger partial charge in [0.25, 0.3) is 0 Å². The molecular formula is C16H27NO5S. The quantitative estimate of drug-likeness (QED) is 0.732. The standard InChI is InChI=1S/C16H27NO5S/c18-15(19)7-6-14(10-12-4-2-1-3-5-12)17-16(20)13-8-9-23(21,22)11-13/h12-14H,1-11H2,(H,17,20)(H,18,19). The predicted molar refractivity (Wildman–Crippen MR) is 86.8 cm³/mol. The average molecular weight is 345 g/mol. The summed E-state index contributed by atoms with van der Waals surface area (Å²) in [7, 11) is -3.08. The maximum Gasteiger partial charge on any atom is 0.303 e. The van der Waals surface area contributed by atoms with Crippen molar-refractivity contribution in [1.82, 2.24) is 5.32 Å². The fraction of sp³-hybridized carbons (Fsp3) is 0.875. The molecule has 2 fully saturated rings. The van der Waals surface area contributed by atoms with E-state index < -0.39 is 21.7 Å². The summed E-state index contributed by atoms with van der Waals surface area (Å²) in [5.74, 6) is -1.02. The van der Waals surface area contributed by atoms with Gasteiger partial charge in [0.15, 0.2) is 9.84 Å². The van der Waals surface area contributed by atoms with Gasteiger partial charge in [-0.15, -0.1) is 0 Å². The molecule has 0 aromatic rings. The van der Waals surface area contributed by atoms with E-state index >= 15 is 0 Å². The number of rotatable bonds is 7. The van der Waals surface area contributed by atoms with Crippen molar-refractivity contribution in [3.8, 4) is 0 Å². The molecule has 0 radical (unpaired) electrons. The third-order valence-corrected chi connectivity index (χ3v) is 6.77. The Morgan fingerprint density at radius 1 is 1.13 bits per heavy atom. The van der Waals surface area contributed by atoms with Crippen LogP contribution in [0.2, 0.25) is 0 Å². The molecule has 0 bridgehead atoms. The molecule has 2 aliphatic rings. The van der Waals surface area contributed by atoms with Crippen LogP contribution in [0.15, 0.2) is 0 Å². The van der Waals surface area contributed by atoms with Gasteiger partial charge in [0.1, 0.15) is 0 Å². The predicted octanol–water partition coefficient (Wildman–Crippen LogP) is 1.74. The summed E-state index contributed by atoms with van der Waals surface area (Å²) >= 11 is 0. The van der Waals surface area contributed by atoms with E-state index in [0.717, 1.165) is 19.3 Å². The first-order chi connectivity index (χ1) is 10.9. The fourth-order valence-electron chi connectivity index (χ4n) is 3.69. The molecule has 1 amide bonds. The number of sulfone groups is 1. The Balaban J connectivity index is 1.90. The summed E-state index contributed by atoms with van der Waals surface area (Å²) < 4.78 is 23.0. The molecule has 23 heavy (non-hydrogen) atoms. The van der Waals surface area contributed by atoms with Crippen LogP contribution in [0.5, 0.6) is 0 Å². The molecule has 2 rings (SSSR count). The van der Waals surface area contributed by atoms with Gasteiger partial charge in [0.05, 0.1) is 17.4 Å². The SMILES string of the molecule is O=C(O)CCC(CC1CCCCC1)NC(=O)C1CCS(=O)(=O)C1. The molecule has 0 aromatic heterocycles. The average Bonchev–Trinajstić information content (AvgIpc) is 2.86. The third-order valence-electron chi connectivity index (χ3n) is 5.00. The zero-order chi connectivity index (χ0) is 16.9. The Hall–Kier alpha value is -1.11. The van der Waals surface area contributed by atoms with Gasteiger partial charge in [0, 0.05) is 12.5 Å². The van der Waals surface area contributed by atoms with E-state index in [0.29, 0.717) is 18.8 Å². The second-order valence-electron chi connectivity index (χ2n) is 6.98. The minimum absolute atomic E-state index is 0.0284. The number of carboxylic acids is 1. The number of carbonyl (C=O) groups is 2. The van der Waals surface area contributed by atoms with Crippen LogP contribution in [0.1, 0.15) is 57.8 Å². The minimum atomic E-state index is -3.08. The van der Waals surface area contributed by atoms with E-state index in [4.69, 9.17) is 5.11 Å². The Morgan fingerprint density at radius 3 is 2.39 bits per heavy atom. The van der Waals surface area contributed by atoms with Gasteiger partial charge in [-0.3, -0.25) is 9.59 Å². The van der Waals surface area contributed by atoms with Crippen LogP contribution in [0.4, 0.5) is 0 Å². The zero-order valence-corrected chi connectivity index (χ0v) is 14.3. The van der Waals surface area contributed by atoms with E-state index in [1.54, 1.807) is 0 Å². The van der Waals surface area contributed by atoms with Crippen LogP contribution in [0.25, 0.3) is 0 Å². The van der Waals surface area contributed by atoms with E-state index in [1.165, 1.54) is 19.3 Å². The topological polar surface area (TPSA) is 101 Å². The molecule has 7 heteroatoms. The van der Waals surface area contributed by atoms with Crippen molar-refractivity contribution in [2.24, 2.45) is 11.8 Å². The second-order valence-corrected chi connectivity index (χ2v) is 9.21. The number of hydrogen-bond donors (Lipinski definition) is 2. The molecule has 2 unspecified atom stereocenters. The van der Waals surface area contributed by atoms with E-state index in [-0.39, 0.29) is 29.9 Å². The Morgan fingerprint density at radius 2 is 1.83 bits per heavy atom. The lowest BCUT2D eigenvalue weighted by Gasteiger charge is -2.27. The lowest BCUT2D eigenvalue weighted by Crippen LogP contribution is -2.41. The molecular weight excluding hydrogens is 318 g/mol. The monoisotopic (exact) mass is 345 g/mol. The highest BCUT2D eigenvalue weighted by Crippen LogP contribution is 2.28. The van der Waals surface area contributed by atoms with E-state index in [2.05, 4.69) is 5.32 Å². The van der Waals surface area contributed by atoms with Crippen LogP contribution in [0.3, 0.4) is 0 Å². The van der Waals surface area contributed by atoms with Gasteiger partial charge in [-0.1, -0.05) is 32.1 Å². The first-order valence-electron chi connectivity index (χ1n) is 8.58. The summed E-state index contributed by atoms with van der Waals surface area (Å²) in [6.45, 7) is 0. The first-order valence-corrected chi connectivity index (χ1v) is 10.4. The van der Waals surface area contributed by atoms with Crippen molar-refractivity contribution in [3.05, 3.63) is 0 Å². The Kier molecular flexibility index (Phi) is 6.44. The smallest absolute Gasteiger partial charge is 0.303 e. The number of aliphatic carboxylic acids is 1. The van der Waals surface area contributed by atoms with Gasteiger partial charge in [-0.25, -0.2) is 8.42 Å². The fourth-order valence-corrected chi connectivity index (χ4v) is 5.43. The maximum absolute atomic E-state index is 12.3. The maximum atomic E-state index is 12.3. The minimum Gasteiger partial charge on any atom is -0.481 e. The molecule has 1 saturated heterocycles. The molecule has 2 atom stereocenters. The zero-order valence-electron chi connectivity index (χ0n) is 13.5. The molecule has 1 aliphatic carbocycles. The van der Waals surface area contributed by atoms with Crippen molar-refractivity contribution in [2.75, 3.05) is 11.5 Å². The first kappa shape index (κ1) is 18.2. The summed E-state index contributed by atoms with van der Waals surface area (Å²) in [5, 5.41) is 11.8. The molecule has 1 saturated carbocycles. The molecule has 0 spiro atoms. The third kappa shape index (κ3) is 6.12. The Labute approximate surface area is 137 Å². The van der Waals surface area contributed by atoms with Crippen LogP contribution in [0, 0.1) is 11.8 Å². The highest BCUT2D eigenvalue weighted by Gasteiger charge is 2.34. The number of carbonyl (C=O) groups excluding carboxylic acids is 1. The lowest BCUT2D eigenvalue weighted by molar-refractivity contribution is -0.137. The van der Waals surface area contributed by atoms with Crippen LogP contribution < -0.4 is 5.32 Å². The van der Waals surface area contributed by atoms with Gasteiger partial charge < -0.3 is 10.4 Å². The molecule has 0 aromatic carbocycles. The Bertz CT molecular complexity index is 525. The summed E-state index contributed by atoms with van der Waals surface area (Å²) in [4.78, 5) is 23.1. The van der Waals surface area contributed by atoms with Crippen molar-refractivity contribution >= 4 is 21.7 Å². The molecule has 6 nitrogen and oxygen atoms in total. The van der Waals surface area contributed by atoms with Crippen molar-refractivity contribution in [3.63, 3.8) is 0 Å². The van der Waals surface area contributed by atoms with Gasteiger partial charge in [0.2, 0.25) is 5.91 Å². The van der Waals surface area contributed by atoms with Crippen LogP contribution in [-0.2, 0) is 19.4 Å². The second kappa shape index (κ2) is 8.13. The molecule has 2 N–H and O–H groups in total. The van der Waals surface area contributed by atoms with Crippen molar-refractivity contribution in [2.45, 2.75) is 63.8 Å². The van der Waals surface area contributed by atoms with Gasteiger partial charge in [-0.2, -0.15) is 0 Å². The molecule has 1 aliphatic heterocycles. The number of carboxylic acid groups (broad SMARTS) is 1. The summed E-state index contributed by atoms with van der Waals surface area (Å²) in [5.41, 5.74) is 0. The van der Waals surface area contributed by atoms with E-state index in [1.807, 2.05) is 0 Å². The summed E-state index contributed by atoms with van der Waals surface area (Å²) in [6, 6.07) is -0.162. The van der Waals surface area contributed by atoms with Crippen LogP contribution >= 0.6 is 0 Å². The van der Waals surface area contributed by atoms with Gasteiger partial charge >= 0.3 is 5.97 Å². The highest BCUT2D eigenvalue weighted by atomic mass is 32.2. The normalized spacial score (nSPS) is 25.8. The number of hydrogen-bond acceptors (Lipinski definition) is 4. The molecule has 1 heterocycles. The van der Waals surface area contributed by atoms with Gasteiger partial charge in [-0.05, 0) is 25.2 Å². The number of nitrogens with one attached hydrogen (secondary N) is 1. The lowest BCUT2D eigenvalue weighted by atomic mass is 9.84. The summed E-state index contributed by atoms with van der Waals surface area (Å²) in [6.07, 6.45) is 7.55. The highest BCUT2D eigenvalue weighted by molar-refractivity contribution is 7.91. The largest absolute Gasteiger partial charge is 0.481 e. The number of amides is 1. The van der Waals surface area contributed by atoms with Crippen LogP contribution in [-0.4, -0.2) is 42.9 Å².